The molecule has 3 nitrogen and oxygen atoms in total. The molecule has 0 unspecified atom stereocenters. The van der Waals surface area contributed by atoms with Crippen LogP contribution in [0, 0.1) is 0 Å². The molecular formula is C22H23NO2. The largest absolute Gasteiger partial charge is 0.462 e. The number of carbonyl (C=O) groups is 1. The minimum atomic E-state index is -0.373. The number of hydrogen-bond donors (Lipinski definition) is 1. The predicted molar refractivity (Wildman–Crippen MR) is 103 cm³/mol. The fourth-order valence-electron chi connectivity index (χ4n) is 2.26. The van der Waals surface area contributed by atoms with Crippen LogP contribution in [-0.4, -0.2) is 12.6 Å². The van der Waals surface area contributed by atoms with Crippen LogP contribution in [0.1, 0.15) is 25.8 Å². The lowest BCUT2D eigenvalue weighted by atomic mass is 9.99. The highest BCUT2D eigenvalue weighted by atomic mass is 16.5. The van der Waals surface area contributed by atoms with Crippen LogP contribution in [0.15, 0.2) is 84.2 Å². The zero-order chi connectivity index (χ0) is 17.9. The molecule has 0 saturated carbocycles. The molecule has 0 heterocycles. The Kier molecular flexibility index (Phi) is 7.30. The Balaban J connectivity index is 2.47. The van der Waals surface area contributed by atoms with E-state index in [1.54, 1.807) is 13.1 Å². The highest BCUT2D eigenvalue weighted by Gasteiger charge is 2.17. The molecule has 0 amide bonds. The van der Waals surface area contributed by atoms with E-state index in [1.807, 2.05) is 73.7 Å². The Labute approximate surface area is 149 Å². The van der Waals surface area contributed by atoms with E-state index in [0.29, 0.717) is 17.8 Å². The molecule has 2 rings (SSSR count). The molecule has 0 saturated heterocycles. The topological polar surface area (TPSA) is 38.3 Å². The molecule has 0 fully saturated rings. The van der Waals surface area contributed by atoms with E-state index < -0.39 is 0 Å². The molecule has 3 heteroatoms. The van der Waals surface area contributed by atoms with Crippen molar-refractivity contribution in [2.45, 2.75) is 20.3 Å². The van der Waals surface area contributed by atoms with Gasteiger partial charge in [0.2, 0.25) is 0 Å². The maximum absolute atomic E-state index is 12.5. The van der Waals surface area contributed by atoms with Crippen LogP contribution in [0.25, 0.3) is 5.57 Å². The van der Waals surface area contributed by atoms with Gasteiger partial charge in [0, 0.05) is 17.5 Å². The molecule has 0 aliphatic rings. The normalized spacial score (nSPS) is 10.6. The average molecular weight is 333 g/mol. The van der Waals surface area contributed by atoms with Gasteiger partial charge in [-0.05, 0) is 37.1 Å². The number of hydrogen-bond acceptors (Lipinski definition) is 3. The van der Waals surface area contributed by atoms with E-state index in [0.717, 1.165) is 17.7 Å². The van der Waals surface area contributed by atoms with Gasteiger partial charge in [0.1, 0.15) is 0 Å². The van der Waals surface area contributed by atoms with Crippen molar-refractivity contribution in [2.75, 3.05) is 11.9 Å². The van der Waals surface area contributed by atoms with E-state index in [2.05, 4.69) is 11.0 Å². The zero-order valence-electron chi connectivity index (χ0n) is 14.7. The van der Waals surface area contributed by atoms with Crippen LogP contribution < -0.4 is 5.32 Å². The number of ether oxygens (including phenoxy) is 1. The van der Waals surface area contributed by atoms with Crippen molar-refractivity contribution in [1.29, 1.82) is 0 Å². The molecular weight excluding hydrogens is 310 g/mol. The van der Waals surface area contributed by atoms with Crippen molar-refractivity contribution in [3.05, 3.63) is 89.8 Å². The predicted octanol–water partition coefficient (Wildman–Crippen LogP) is 5.19. The molecule has 0 aliphatic carbocycles. The van der Waals surface area contributed by atoms with Crippen LogP contribution in [0.2, 0.25) is 0 Å². The first-order valence-corrected chi connectivity index (χ1v) is 8.46. The van der Waals surface area contributed by atoms with Crippen LogP contribution in [0.5, 0.6) is 0 Å². The number of carbonyl (C=O) groups excluding carboxylic acids is 1. The summed E-state index contributed by atoms with van der Waals surface area (Å²) in [6.07, 6.45) is 4.43. The standard InChI is InChI=1S/C22H23NO2/c1-3-5-16-20(18-12-8-6-9-13-18)21(22(24)25-4-2)17-23-19-14-10-7-11-15-19/h5-15,17,23H,3-4H2,1-2H3/b21-17-. The number of rotatable bonds is 7. The van der Waals surface area contributed by atoms with Gasteiger partial charge in [-0.1, -0.05) is 55.5 Å². The molecule has 0 atom stereocenters. The molecule has 0 aromatic heterocycles. The van der Waals surface area contributed by atoms with E-state index in [9.17, 15) is 4.79 Å². The van der Waals surface area contributed by atoms with Gasteiger partial charge in [-0.3, -0.25) is 0 Å². The van der Waals surface area contributed by atoms with Gasteiger partial charge in [0.15, 0.2) is 0 Å². The third-order valence-electron chi connectivity index (χ3n) is 3.43. The summed E-state index contributed by atoms with van der Waals surface area (Å²) in [5.41, 5.74) is 6.22. The minimum absolute atomic E-state index is 0.321. The minimum Gasteiger partial charge on any atom is -0.462 e. The Bertz CT molecular complexity index is 770. The molecule has 0 spiro atoms. The highest BCUT2D eigenvalue weighted by molar-refractivity contribution is 6.06. The van der Waals surface area contributed by atoms with E-state index in [-0.39, 0.29) is 5.97 Å². The van der Waals surface area contributed by atoms with E-state index in [1.165, 1.54) is 0 Å². The molecule has 2 aromatic rings. The van der Waals surface area contributed by atoms with Crippen molar-refractivity contribution >= 4 is 17.2 Å². The van der Waals surface area contributed by atoms with Gasteiger partial charge < -0.3 is 10.1 Å². The maximum Gasteiger partial charge on any atom is 0.340 e. The molecule has 1 N–H and O–H groups in total. The summed E-state index contributed by atoms with van der Waals surface area (Å²) in [4.78, 5) is 12.5. The van der Waals surface area contributed by atoms with Crippen LogP contribution in [-0.2, 0) is 9.53 Å². The van der Waals surface area contributed by atoms with Gasteiger partial charge in [-0.25, -0.2) is 4.79 Å². The first-order chi connectivity index (χ1) is 12.3. The molecule has 2 aromatic carbocycles. The second-order valence-corrected chi connectivity index (χ2v) is 5.29. The Hall–Kier alpha value is -3.03. The molecule has 0 bridgehead atoms. The first-order valence-electron chi connectivity index (χ1n) is 8.46. The second-order valence-electron chi connectivity index (χ2n) is 5.29. The lowest BCUT2D eigenvalue weighted by Crippen LogP contribution is -2.11. The quantitative estimate of drug-likeness (QED) is 0.328. The Morgan fingerprint density at radius 1 is 1.04 bits per heavy atom. The Morgan fingerprint density at radius 3 is 2.28 bits per heavy atom. The number of anilines is 1. The lowest BCUT2D eigenvalue weighted by Gasteiger charge is -2.11. The van der Waals surface area contributed by atoms with E-state index >= 15 is 0 Å². The summed E-state index contributed by atoms with van der Waals surface area (Å²) in [5.74, 6) is -0.373. The van der Waals surface area contributed by atoms with Gasteiger partial charge in [-0.15, -0.1) is 5.73 Å². The monoisotopic (exact) mass is 333 g/mol. The van der Waals surface area contributed by atoms with Crippen molar-refractivity contribution in [1.82, 2.24) is 0 Å². The summed E-state index contributed by atoms with van der Waals surface area (Å²) < 4.78 is 5.25. The fraction of sp³-hybridized carbons (Fsp3) is 0.182. The average Bonchev–Trinajstić information content (AvgIpc) is 2.66. The summed E-state index contributed by atoms with van der Waals surface area (Å²) in [7, 11) is 0. The number of benzene rings is 2. The molecule has 128 valence electrons. The van der Waals surface area contributed by atoms with Crippen molar-refractivity contribution in [3.8, 4) is 0 Å². The van der Waals surface area contributed by atoms with Gasteiger partial charge in [0.05, 0.1) is 12.2 Å². The lowest BCUT2D eigenvalue weighted by molar-refractivity contribution is -0.137. The summed E-state index contributed by atoms with van der Waals surface area (Å²) in [6.45, 7) is 4.15. The number of nitrogens with one attached hydrogen (secondary N) is 1. The van der Waals surface area contributed by atoms with Crippen LogP contribution >= 0.6 is 0 Å². The number of para-hydroxylation sites is 1. The zero-order valence-corrected chi connectivity index (χ0v) is 14.7. The van der Waals surface area contributed by atoms with E-state index in [4.69, 9.17) is 4.74 Å². The highest BCUT2D eigenvalue weighted by Crippen LogP contribution is 2.24. The molecule has 0 aliphatic heterocycles. The summed E-state index contributed by atoms with van der Waals surface area (Å²) >= 11 is 0. The third kappa shape index (κ3) is 5.52. The van der Waals surface area contributed by atoms with Crippen molar-refractivity contribution < 1.29 is 9.53 Å². The van der Waals surface area contributed by atoms with Crippen molar-refractivity contribution in [2.24, 2.45) is 0 Å². The van der Waals surface area contributed by atoms with Gasteiger partial charge in [-0.2, -0.15) is 0 Å². The second kappa shape index (κ2) is 9.96. The molecule has 0 radical (unpaired) electrons. The summed E-state index contributed by atoms with van der Waals surface area (Å²) in [6, 6.07) is 19.4. The Morgan fingerprint density at radius 2 is 1.68 bits per heavy atom. The van der Waals surface area contributed by atoms with Gasteiger partial charge >= 0.3 is 5.97 Å². The maximum atomic E-state index is 12.5. The van der Waals surface area contributed by atoms with Crippen molar-refractivity contribution in [3.63, 3.8) is 0 Å². The summed E-state index contributed by atoms with van der Waals surface area (Å²) in [5, 5.41) is 3.17. The SMILES string of the molecule is CCC=C=C(/C(=C/Nc1ccccc1)C(=O)OCC)c1ccccc1. The number of esters is 1. The molecule has 25 heavy (non-hydrogen) atoms. The fourth-order valence-corrected chi connectivity index (χ4v) is 2.26. The van der Waals surface area contributed by atoms with Crippen LogP contribution in [0.3, 0.4) is 0 Å². The third-order valence-corrected chi connectivity index (χ3v) is 3.43. The van der Waals surface area contributed by atoms with Crippen LogP contribution in [0.4, 0.5) is 5.69 Å². The first kappa shape index (κ1) is 18.3. The van der Waals surface area contributed by atoms with Gasteiger partial charge in [0.25, 0.3) is 0 Å². The smallest absolute Gasteiger partial charge is 0.340 e.